The minimum absolute atomic E-state index is 0.596. The number of allylic oxidation sites excluding steroid dienone is 2. The van der Waals surface area contributed by atoms with Gasteiger partial charge >= 0.3 is 0 Å². The number of methoxy groups -OCH3 is 1. The second kappa shape index (κ2) is 4.80. The van der Waals surface area contributed by atoms with E-state index >= 15 is 0 Å². The van der Waals surface area contributed by atoms with Gasteiger partial charge in [0, 0.05) is 7.11 Å². The highest BCUT2D eigenvalue weighted by atomic mass is 16.5. The Morgan fingerprint density at radius 3 is 1.86 bits per heavy atom. The lowest BCUT2D eigenvalue weighted by atomic mass is 9.93. The monoisotopic (exact) mass is 198 g/mol. The van der Waals surface area contributed by atoms with Crippen molar-refractivity contribution in [3.63, 3.8) is 0 Å². The number of carbonyl (C=O) groups excluding carboxylic acids is 2. The molecule has 0 aromatic rings. The highest BCUT2D eigenvalue weighted by molar-refractivity contribution is 6.11. The maximum absolute atomic E-state index is 11.3. The Kier molecular flexibility index (Phi) is 4.36. The first kappa shape index (κ1) is 12.7. The third kappa shape index (κ3) is 2.59. The van der Waals surface area contributed by atoms with Crippen LogP contribution in [-0.2, 0) is 14.3 Å². The Bertz CT molecular complexity index is 251. The van der Waals surface area contributed by atoms with Gasteiger partial charge in [-0.15, -0.1) is 0 Å². The molecule has 5 heteroatoms. The third-order valence-corrected chi connectivity index (χ3v) is 1.78. The molecule has 0 amide bonds. The molecule has 78 valence electrons. The minimum atomic E-state index is -1.84. The van der Waals surface area contributed by atoms with E-state index in [2.05, 4.69) is 17.9 Å². The van der Waals surface area contributed by atoms with Gasteiger partial charge in [0.25, 0.3) is 0 Å². The quantitative estimate of drug-likeness (QED) is 0.335. The van der Waals surface area contributed by atoms with Crippen molar-refractivity contribution in [1.82, 2.24) is 0 Å². The van der Waals surface area contributed by atoms with Crippen LogP contribution in [-0.4, -0.2) is 24.5 Å². The normalized spacial score (nSPS) is 11.1. The molecule has 0 bridgehead atoms. The van der Waals surface area contributed by atoms with E-state index in [0.717, 1.165) is 12.2 Å². The van der Waals surface area contributed by atoms with Gasteiger partial charge in [0.2, 0.25) is 0 Å². The van der Waals surface area contributed by atoms with Crippen LogP contribution in [0.5, 0.6) is 0 Å². The third-order valence-electron chi connectivity index (χ3n) is 1.78. The van der Waals surface area contributed by atoms with Gasteiger partial charge in [-0.05, 0) is 12.2 Å². The Hall–Kier alpha value is -1.30. The van der Waals surface area contributed by atoms with E-state index in [0.29, 0.717) is 0 Å². The molecule has 0 aromatic heterocycles. The van der Waals surface area contributed by atoms with Crippen molar-refractivity contribution in [1.29, 1.82) is 0 Å². The summed E-state index contributed by atoms with van der Waals surface area (Å²) >= 11 is 0. The number of ketones is 2. The second-order valence-corrected chi connectivity index (χ2v) is 2.70. The SMILES string of the molecule is C=CC(=O)C(C(=O)C=C)C(N)(N)OC. The highest BCUT2D eigenvalue weighted by Crippen LogP contribution is 2.13. The van der Waals surface area contributed by atoms with Gasteiger partial charge in [-0.2, -0.15) is 0 Å². The van der Waals surface area contributed by atoms with Crippen LogP contribution in [0.3, 0.4) is 0 Å². The van der Waals surface area contributed by atoms with Crippen molar-refractivity contribution < 1.29 is 14.3 Å². The van der Waals surface area contributed by atoms with Crippen molar-refractivity contribution in [3.8, 4) is 0 Å². The lowest BCUT2D eigenvalue weighted by Crippen LogP contribution is -2.61. The molecule has 0 atom stereocenters. The van der Waals surface area contributed by atoms with Crippen LogP contribution in [0, 0.1) is 5.92 Å². The highest BCUT2D eigenvalue weighted by Gasteiger charge is 2.39. The largest absolute Gasteiger partial charge is 0.350 e. The van der Waals surface area contributed by atoms with E-state index in [-0.39, 0.29) is 0 Å². The number of hydrogen-bond acceptors (Lipinski definition) is 5. The summed E-state index contributed by atoms with van der Waals surface area (Å²) in [6.45, 7) is 6.49. The summed E-state index contributed by atoms with van der Waals surface area (Å²) in [5.74, 6) is -4.33. The summed E-state index contributed by atoms with van der Waals surface area (Å²) in [4.78, 5) is 22.6. The van der Waals surface area contributed by atoms with Crippen LogP contribution in [0.25, 0.3) is 0 Å². The number of rotatable bonds is 6. The molecule has 5 nitrogen and oxygen atoms in total. The van der Waals surface area contributed by atoms with E-state index in [1.807, 2.05) is 0 Å². The number of carbonyl (C=O) groups is 2. The topological polar surface area (TPSA) is 95.4 Å². The average molecular weight is 198 g/mol. The summed E-state index contributed by atoms with van der Waals surface area (Å²) in [5.41, 5.74) is 10.9. The summed E-state index contributed by atoms with van der Waals surface area (Å²) in [6, 6.07) is 0. The molecular formula is C9H14N2O3. The summed E-state index contributed by atoms with van der Waals surface area (Å²) in [7, 11) is 1.21. The molecule has 0 fully saturated rings. The smallest absolute Gasteiger partial charge is 0.187 e. The molecule has 0 rings (SSSR count). The Balaban J connectivity index is 5.09. The van der Waals surface area contributed by atoms with E-state index in [1.165, 1.54) is 7.11 Å². The zero-order valence-corrected chi connectivity index (χ0v) is 8.03. The van der Waals surface area contributed by atoms with Crippen LogP contribution >= 0.6 is 0 Å². The number of ether oxygens (including phenoxy) is 1. The fourth-order valence-corrected chi connectivity index (χ4v) is 0.938. The van der Waals surface area contributed by atoms with E-state index < -0.39 is 23.3 Å². The molecule has 4 N–H and O–H groups in total. The van der Waals surface area contributed by atoms with Crippen LogP contribution in [0.1, 0.15) is 0 Å². The van der Waals surface area contributed by atoms with Crippen molar-refractivity contribution >= 4 is 11.6 Å². The Labute approximate surface area is 82.4 Å². The number of nitrogens with two attached hydrogens (primary N) is 2. The van der Waals surface area contributed by atoms with E-state index in [4.69, 9.17) is 11.5 Å². The predicted molar refractivity (Wildman–Crippen MR) is 52.0 cm³/mol. The molecule has 0 saturated carbocycles. The molecule has 0 radical (unpaired) electrons. The molecule has 0 spiro atoms. The minimum Gasteiger partial charge on any atom is -0.350 e. The van der Waals surface area contributed by atoms with Gasteiger partial charge in [-0.1, -0.05) is 13.2 Å². The van der Waals surface area contributed by atoms with Crippen LogP contribution in [0.2, 0.25) is 0 Å². The van der Waals surface area contributed by atoms with Crippen LogP contribution < -0.4 is 11.5 Å². The van der Waals surface area contributed by atoms with Crippen molar-refractivity contribution in [2.45, 2.75) is 5.85 Å². The average Bonchev–Trinajstić information content (AvgIpc) is 2.17. The predicted octanol–water partition coefficient (Wildman–Crippen LogP) is -0.670. The Morgan fingerprint density at radius 2 is 1.64 bits per heavy atom. The summed E-state index contributed by atoms with van der Waals surface area (Å²) in [5, 5.41) is 0. The van der Waals surface area contributed by atoms with E-state index in [9.17, 15) is 9.59 Å². The lowest BCUT2D eigenvalue weighted by Gasteiger charge is -2.28. The fraction of sp³-hybridized carbons (Fsp3) is 0.333. The molecule has 14 heavy (non-hydrogen) atoms. The van der Waals surface area contributed by atoms with Gasteiger partial charge in [0.15, 0.2) is 17.4 Å². The second-order valence-electron chi connectivity index (χ2n) is 2.70. The van der Waals surface area contributed by atoms with Gasteiger partial charge < -0.3 is 4.74 Å². The molecule has 0 heterocycles. The van der Waals surface area contributed by atoms with Crippen molar-refractivity contribution in [2.75, 3.05) is 7.11 Å². The molecule has 0 aliphatic rings. The van der Waals surface area contributed by atoms with Gasteiger partial charge in [0.05, 0.1) is 0 Å². The van der Waals surface area contributed by atoms with Gasteiger partial charge in [-0.25, -0.2) is 0 Å². The standard InChI is InChI=1S/C9H14N2O3/c1-4-6(12)8(7(13)5-2)9(10,11)14-3/h4-5,8H,1-2,10-11H2,3H3. The van der Waals surface area contributed by atoms with Gasteiger partial charge in [-0.3, -0.25) is 21.1 Å². The Morgan fingerprint density at radius 1 is 1.29 bits per heavy atom. The molecule has 0 saturated heterocycles. The molecule has 0 aliphatic carbocycles. The van der Waals surface area contributed by atoms with Crippen LogP contribution in [0.15, 0.2) is 25.3 Å². The van der Waals surface area contributed by atoms with Crippen LogP contribution in [0.4, 0.5) is 0 Å². The maximum atomic E-state index is 11.3. The van der Waals surface area contributed by atoms with Gasteiger partial charge in [0.1, 0.15) is 5.92 Å². The number of hydrogen-bond donors (Lipinski definition) is 2. The van der Waals surface area contributed by atoms with E-state index in [1.54, 1.807) is 0 Å². The van der Waals surface area contributed by atoms with Crippen molar-refractivity contribution in [3.05, 3.63) is 25.3 Å². The first-order chi connectivity index (χ1) is 6.40. The first-order valence-corrected chi connectivity index (χ1v) is 3.86. The zero-order valence-electron chi connectivity index (χ0n) is 8.03. The molecule has 0 aromatic carbocycles. The first-order valence-electron chi connectivity index (χ1n) is 3.86. The molecule has 0 aliphatic heterocycles. The molecule has 0 unspecified atom stereocenters. The maximum Gasteiger partial charge on any atom is 0.187 e. The summed E-state index contributed by atoms with van der Waals surface area (Å²) < 4.78 is 4.66. The summed E-state index contributed by atoms with van der Waals surface area (Å²) in [6.07, 6.45) is 1.94. The zero-order chi connectivity index (χ0) is 11.4. The lowest BCUT2D eigenvalue weighted by molar-refractivity contribution is -0.141. The van der Waals surface area contributed by atoms with Crippen molar-refractivity contribution in [2.24, 2.45) is 17.4 Å². The fourth-order valence-electron chi connectivity index (χ4n) is 0.938. The molecular weight excluding hydrogens is 184 g/mol.